The highest BCUT2D eigenvalue weighted by Crippen LogP contribution is 2.28. The van der Waals surface area contributed by atoms with Gasteiger partial charge in [-0.1, -0.05) is 15.9 Å². The smallest absolute Gasteiger partial charge is 0.134 e. The molecule has 2 heterocycles. The second-order valence-corrected chi connectivity index (χ2v) is 5.25. The van der Waals surface area contributed by atoms with Gasteiger partial charge in [0, 0.05) is 22.3 Å². The number of rotatable bonds is 2. The van der Waals surface area contributed by atoms with Crippen LogP contribution in [0.1, 0.15) is 23.2 Å². The molecule has 96 valence electrons. The zero-order valence-corrected chi connectivity index (χ0v) is 11.9. The average Bonchev–Trinajstić information content (AvgIpc) is 2.81. The molecule has 0 saturated carbocycles. The molecule has 0 bridgehead atoms. The van der Waals surface area contributed by atoms with Crippen LogP contribution in [-0.2, 0) is 0 Å². The van der Waals surface area contributed by atoms with Crippen LogP contribution >= 0.6 is 15.9 Å². The van der Waals surface area contributed by atoms with E-state index >= 15 is 0 Å². The van der Waals surface area contributed by atoms with Gasteiger partial charge in [-0.05, 0) is 31.2 Å². The topological polar surface area (TPSA) is 64.9 Å². The van der Waals surface area contributed by atoms with Gasteiger partial charge in [0.1, 0.15) is 17.4 Å². The van der Waals surface area contributed by atoms with Gasteiger partial charge in [0.25, 0.3) is 0 Å². The summed E-state index contributed by atoms with van der Waals surface area (Å²) < 4.78 is 6.79. The molecule has 19 heavy (non-hydrogen) atoms. The van der Waals surface area contributed by atoms with Crippen LogP contribution in [-0.4, -0.2) is 9.97 Å². The summed E-state index contributed by atoms with van der Waals surface area (Å²) in [5.74, 6) is 0.691. The average molecular weight is 318 g/mol. The highest BCUT2D eigenvalue weighted by atomic mass is 79.9. The second kappa shape index (κ2) is 4.75. The van der Waals surface area contributed by atoms with Crippen molar-refractivity contribution >= 4 is 26.9 Å². The molecule has 1 aromatic carbocycles. The van der Waals surface area contributed by atoms with Crippen LogP contribution < -0.4 is 5.73 Å². The van der Waals surface area contributed by atoms with Gasteiger partial charge in [0.05, 0.1) is 11.4 Å². The Morgan fingerprint density at radius 1 is 1.21 bits per heavy atom. The van der Waals surface area contributed by atoms with E-state index in [1.165, 1.54) is 0 Å². The van der Waals surface area contributed by atoms with Crippen molar-refractivity contribution in [3.05, 3.63) is 58.3 Å². The van der Waals surface area contributed by atoms with Crippen molar-refractivity contribution in [2.45, 2.75) is 13.0 Å². The van der Waals surface area contributed by atoms with E-state index in [9.17, 15) is 0 Å². The number of benzene rings is 1. The molecule has 0 spiro atoms. The Hall–Kier alpha value is -1.72. The van der Waals surface area contributed by atoms with Gasteiger partial charge >= 0.3 is 0 Å². The molecule has 0 aliphatic carbocycles. The van der Waals surface area contributed by atoms with E-state index in [1.54, 1.807) is 12.4 Å². The lowest BCUT2D eigenvalue weighted by atomic mass is 10.1. The molecule has 3 aromatic rings. The van der Waals surface area contributed by atoms with Crippen molar-refractivity contribution in [1.82, 2.24) is 9.97 Å². The minimum Gasteiger partial charge on any atom is -0.459 e. The summed E-state index contributed by atoms with van der Waals surface area (Å²) >= 11 is 3.44. The van der Waals surface area contributed by atoms with Crippen molar-refractivity contribution in [3.63, 3.8) is 0 Å². The molecule has 2 aromatic heterocycles. The summed E-state index contributed by atoms with van der Waals surface area (Å²) in [6.07, 6.45) is 3.29. The van der Waals surface area contributed by atoms with E-state index in [-0.39, 0.29) is 0 Å². The monoisotopic (exact) mass is 317 g/mol. The van der Waals surface area contributed by atoms with Crippen molar-refractivity contribution in [2.24, 2.45) is 5.73 Å². The summed E-state index contributed by atoms with van der Waals surface area (Å²) in [5, 5.41) is 1.02. The minimum absolute atomic E-state index is 0.403. The minimum atomic E-state index is -0.403. The van der Waals surface area contributed by atoms with Crippen molar-refractivity contribution in [3.8, 4) is 0 Å². The van der Waals surface area contributed by atoms with Crippen LogP contribution in [0.2, 0.25) is 0 Å². The second-order valence-electron chi connectivity index (χ2n) is 4.34. The largest absolute Gasteiger partial charge is 0.459 e. The molecule has 0 radical (unpaired) electrons. The molecule has 1 atom stereocenters. The van der Waals surface area contributed by atoms with Crippen LogP contribution in [0.3, 0.4) is 0 Å². The van der Waals surface area contributed by atoms with E-state index < -0.39 is 6.04 Å². The number of nitrogens with zero attached hydrogens (tertiary/aromatic N) is 2. The molecular formula is C14H12BrN3O. The van der Waals surface area contributed by atoms with Gasteiger partial charge in [-0.2, -0.15) is 0 Å². The Kier molecular flexibility index (Phi) is 3.08. The maximum absolute atomic E-state index is 6.21. The number of hydrogen-bond donors (Lipinski definition) is 1. The third-order valence-corrected chi connectivity index (χ3v) is 3.51. The lowest BCUT2D eigenvalue weighted by Gasteiger charge is -2.09. The van der Waals surface area contributed by atoms with Gasteiger partial charge in [0.2, 0.25) is 0 Å². The Labute approximate surface area is 118 Å². The van der Waals surface area contributed by atoms with Crippen LogP contribution in [0.5, 0.6) is 0 Å². The number of hydrogen-bond acceptors (Lipinski definition) is 4. The molecule has 0 saturated heterocycles. The third kappa shape index (κ3) is 2.27. The van der Waals surface area contributed by atoms with Crippen LogP contribution in [0, 0.1) is 6.92 Å². The lowest BCUT2D eigenvalue weighted by molar-refractivity contribution is 0.518. The predicted molar refractivity (Wildman–Crippen MR) is 76.7 cm³/mol. The Balaban J connectivity index is 2.07. The number of aromatic nitrogens is 2. The normalized spacial score (nSPS) is 12.8. The summed E-state index contributed by atoms with van der Waals surface area (Å²) in [6, 6.07) is 7.39. The zero-order chi connectivity index (χ0) is 13.4. The fraction of sp³-hybridized carbons (Fsp3) is 0.143. The number of aryl methyl sites for hydroxylation is 1. The molecule has 5 heteroatoms. The molecule has 4 nitrogen and oxygen atoms in total. The van der Waals surface area contributed by atoms with Gasteiger partial charge in [-0.25, -0.2) is 0 Å². The maximum Gasteiger partial charge on any atom is 0.134 e. The Bertz CT molecular complexity index is 738. The van der Waals surface area contributed by atoms with E-state index in [0.717, 1.165) is 26.8 Å². The van der Waals surface area contributed by atoms with Gasteiger partial charge < -0.3 is 10.2 Å². The summed E-state index contributed by atoms with van der Waals surface area (Å²) in [4.78, 5) is 8.49. The van der Waals surface area contributed by atoms with Gasteiger partial charge in [0.15, 0.2) is 0 Å². The molecule has 0 aliphatic rings. The standard InChI is InChI=1S/C14H12BrN3O/c1-8-14(18-5-4-17-8)13(16)12-7-9-6-10(15)2-3-11(9)19-12/h2-7,13H,16H2,1H3. The molecule has 1 unspecified atom stereocenters. The molecule has 0 fully saturated rings. The van der Waals surface area contributed by atoms with E-state index in [2.05, 4.69) is 25.9 Å². The Morgan fingerprint density at radius 2 is 2.00 bits per heavy atom. The first-order valence-electron chi connectivity index (χ1n) is 5.87. The van der Waals surface area contributed by atoms with E-state index in [1.807, 2.05) is 31.2 Å². The SMILES string of the molecule is Cc1nccnc1C(N)c1cc2cc(Br)ccc2o1. The van der Waals surface area contributed by atoms with Crippen LogP contribution in [0.4, 0.5) is 0 Å². The fourth-order valence-electron chi connectivity index (χ4n) is 2.05. The van der Waals surface area contributed by atoms with Gasteiger partial charge in [-0.3, -0.25) is 9.97 Å². The van der Waals surface area contributed by atoms with E-state index in [0.29, 0.717) is 5.76 Å². The third-order valence-electron chi connectivity index (χ3n) is 3.02. The zero-order valence-electron chi connectivity index (χ0n) is 10.3. The highest BCUT2D eigenvalue weighted by molar-refractivity contribution is 9.10. The maximum atomic E-state index is 6.21. The van der Waals surface area contributed by atoms with Crippen molar-refractivity contribution in [1.29, 1.82) is 0 Å². The van der Waals surface area contributed by atoms with E-state index in [4.69, 9.17) is 10.2 Å². The molecule has 0 aliphatic heterocycles. The number of nitrogens with two attached hydrogens (primary N) is 1. The first kappa shape index (κ1) is 12.3. The Morgan fingerprint density at radius 3 is 2.79 bits per heavy atom. The molecule has 2 N–H and O–H groups in total. The van der Waals surface area contributed by atoms with Crippen molar-refractivity contribution in [2.75, 3.05) is 0 Å². The lowest BCUT2D eigenvalue weighted by Crippen LogP contribution is -2.14. The van der Waals surface area contributed by atoms with Crippen LogP contribution in [0.25, 0.3) is 11.0 Å². The van der Waals surface area contributed by atoms with Crippen LogP contribution in [0.15, 0.2) is 45.5 Å². The molecule has 3 rings (SSSR count). The number of furan rings is 1. The predicted octanol–water partition coefficient (Wildman–Crippen LogP) is 3.34. The number of halogens is 1. The molecule has 0 amide bonds. The summed E-state index contributed by atoms with van der Waals surface area (Å²) in [7, 11) is 0. The van der Waals surface area contributed by atoms with Crippen molar-refractivity contribution < 1.29 is 4.42 Å². The molecular weight excluding hydrogens is 306 g/mol. The quantitative estimate of drug-likeness (QED) is 0.787. The fourth-order valence-corrected chi connectivity index (χ4v) is 2.43. The summed E-state index contributed by atoms with van der Waals surface area (Å²) in [5.41, 5.74) is 8.58. The number of fused-ring (bicyclic) bond motifs is 1. The first-order valence-corrected chi connectivity index (χ1v) is 6.66. The highest BCUT2D eigenvalue weighted by Gasteiger charge is 2.17. The summed E-state index contributed by atoms with van der Waals surface area (Å²) in [6.45, 7) is 1.89. The van der Waals surface area contributed by atoms with Gasteiger partial charge in [-0.15, -0.1) is 0 Å². The first-order chi connectivity index (χ1) is 9.15.